The van der Waals surface area contributed by atoms with E-state index < -0.39 is 0 Å². The third-order valence-corrected chi connectivity index (χ3v) is 3.84. The predicted molar refractivity (Wildman–Crippen MR) is 78.9 cm³/mol. The number of fused-ring (bicyclic) bond motifs is 1. The predicted octanol–water partition coefficient (Wildman–Crippen LogP) is 4.18. The molecule has 1 heteroatoms. The quantitative estimate of drug-likeness (QED) is 0.739. The minimum Gasteiger partial charge on any atom is -0.310 e. The van der Waals surface area contributed by atoms with Gasteiger partial charge in [0.25, 0.3) is 0 Å². The Morgan fingerprint density at radius 1 is 1.33 bits per heavy atom. The largest absolute Gasteiger partial charge is 0.310 e. The Balaban J connectivity index is 2.11. The maximum absolute atomic E-state index is 4.01. The van der Waals surface area contributed by atoms with Crippen LogP contribution >= 0.6 is 0 Å². The number of aryl methyl sites for hydroxylation is 2. The molecule has 98 valence electrons. The van der Waals surface area contributed by atoms with Gasteiger partial charge in [0.1, 0.15) is 0 Å². The second-order valence-corrected chi connectivity index (χ2v) is 5.49. The van der Waals surface area contributed by atoms with Gasteiger partial charge in [-0.2, -0.15) is 0 Å². The van der Waals surface area contributed by atoms with E-state index in [1.165, 1.54) is 30.4 Å². The maximum atomic E-state index is 4.01. The number of rotatable bonds is 6. The van der Waals surface area contributed by atoms with Crippen molar-refractivity contribution in [2.75, 3.05) is 6.54 Å². The van der Waals surface area contributed by atoms with E-state index in [2.05, 4.69) is 43.9 Å². The van der Waals surface area contributed by atoms with Crippen molar-refractivity contribution in [3.8, 4) is 0 Å². The van der Waals surface area contributed by atoms with Gasteiger partial charge in [0.05, 0.1) is 0 Å². The Hall–Kier alpha value is -1.08. The Labute approximate surface area is 111 Å². The Morgan fingerprint density at radius 2 is 2.11 bits per heavy atom. The summed E-state index contributed by atoms with van der Waals surface area (Å²) in [5, 5.41) is 3.60. The Kier molecular flexibility index (Phi) is 4.60. The van der Waals surface area contributed by atoms with Crippen molar-refractivity contribution in [2.45, 2.75) is 52.0 Å². The summed E-state index contributed by atoms with van der Waals surface area (Å²) in [6, 6.07) is 7.56. The lowest BCUT2D eigenvalue weighted by Gasteiger charge is -2.19. The molecular formula is C17H25N. The Bertz CT molecular complexity index is 420. The van der Waals surface area contributed by atoms with Crippen LogP contribution in [-0.2, 0) is 12.8 Å². The van der Waals surface area contributed by atoms with Crippen LogP contribution in [0.25, 0.3) is 0 Å². The second-order valence-electron chi connectivity index (χ2n) is 5.49. The Morgan fingerprint density at radius 3 is 2.83 bits per heavy atom. The molecule has 0 spiro atoms. The molecule has 0 aliphatic heterocycles. The van der Waals surface area contributed by atoms with Crippen LogP contribution in [0, 0.1) is 0 Å². The van der Waals surface area contributed by atoms with E-state index in [-0.39, 0.29) is 0 Å². The molecule has 1 N–H and O–H groups in total. The van der Waals surface area contributed by atoms with Crippen molar-refractivity contribution in [3.05, 3.63) is 47.0 Å². The molecule has 0 saturated carbocycles. The summed E-state index contributed by atoms with van der Waals surface area (Å²) in [6.07, 6.45) is 6.13. The normalized spacial score (nSPS) is 15.4. The highest BCUT2D eigenvalue weighted by atomic mass is 14.9. The molecule has 1 aromatic rings. The first kappa shape index (κ1) is 13.4. The first-order valence-corrected chi connectivity index (χ1v) is 7.20. The minimum atomic E-state index is 0.484. The molecular weight excluding hydrogens is 218 g/mol. The smallest absolute Gasteiger partial charge is 0.0323 e. The summed E-state index contributed by atoms with van der Waals surface area (Å²) >= 11 is 0. The molecule has 1 aromatic carbocycles. The van der Waals surface area contributed by atoms with E-state index in [9.17, 15) is 0 Å². The van der Waals surface area contributed by atoms with Crippen molar-refractivity contribution >= 4 is 0 Å². The van der Waals surface area contributed by atoms with Gasteiger partial charge in [-0.05, 0) is 62.3 Å². The van der Waals surface area contributed by atoms with E-state index in [4.69, 9.17) is 0 Å². The van der Waals surface area contributed by atoms with Gasteiger partial charge in [-0.3, -0.25) is 0 Å². The first-order chi connectivity index (χ1) is 8.70. The lowest BCUT2D eigenvalue weighted by Crippen LogP contribution is -2.21. The maximum Gasteiger partial charge on any atom is 0.0323 e. The van der Waals surface area contributed by atoms with E-state index in [1.807, 2.05) is 0 Å². The fourth-order valence-electron chi connectivity index (χ4n) is 2.83. The summed E-state index contributed by atoms with van der Waals surface area (Å²) < 4.78 is 0. The number of allylic oxidation sites excluding steroid dienone is 1. The molecule has 0 amide bonds. The van der Waals surface area contributed by atoms with Crippen molar-refractivity contribution in [2.24, 2.45) is 0 Å². The van der Waals surface area contributed by atoms with Crippen molar-refractivity contribution in [1.29, 1.82) is 0 Å². The summed E-state index contributed by atoms with van der Waals surface area (Å²) in [5.74, 6) is 0. The summed E-state index contributed by atoms with van der Waals surface area (Å²) in [4.78, 5) is 0. The van der Waals surface area contributed by atoms with Crippen LogP contribution in [0.4, 0.5) is 0 Å². The van der Waals surface area contributed by atoms with Crippen molar-refractivity contribution < 1.29 is 0 Å². The fraction of sp³-hybridized carbons (Fsp3) is 0.529. The average Bonchev–Trinajstić information content (AvgIpc) is 2.81. The molecule has 1 aliphatic rings. The number of nitrogens with one attached hydrogen (secondary N) is 1. The molecule has 18 heavy (non-hydrogen) atoms. The lowest BCUT2D eigenvalue weighted by atomic mass is 9.96. The minimum absolute atomic E-state index is 0.484. The van der Waals surface area contributed by atoms with E-state index in [0.717, 1.165) is 19.4 Å². The molecule has 1 nitrogen and oxygen atoms in total. The standard InChI is InChI=1S/C17H25N/c1-4-18-17(11-8-13(2)3)16-10-9-14-6-5-7-15(14)12-16/h9-10,12,17-18H,2,4-8,11H2,1,3H3. The highest BCUT2D eigenvalue weighted by Crippen LogP contribution is 2.27. The van der Waals surface area contributed by atoms with E-state index >= 15 is 0 Å². The molecule has 0 bridgehead atoms. The van der Waals surface area contributed by atoms with Crippen molar-refractivity contribution in [1.82, 2.24) is 5.32 Å². The molecule has 2 rings (SSSR count). The van der Waals surface area contributed by atoms with E-state index in [0.29, 0.717) is 6.04 Å². The van der Waals surface area contributed by atoms with Crippen LogP contribution in [0.15, 0.2) is 30.4 Å². The monoisotopic (exact) mass is 243 g/mol. The SMILES string of the molecule is C=C(C)CCC(NCC)c1ccc2c(c1)CCC2. The first-order valence-electron chi connectivity index (χ1n) is 7.20. The fourth-order valence-corrected chi connectivity index (χ4v) is 2.83. The molecule has 0 fully saturated rings. The second kappa shape index (κ2) is 6.19. The molecule has 0 radical (unpaired) electrons. The van der Waals surface area contributed by atoms with Crippen LogP contribution < -0.4 is 5.32 Å². The number of hydrogen-bond acceptors (Lipinski definition) is 1. The lowest BCUT2D eigenvalue weighted by molar-refractivity contribution is 0.514. The third-order valence-electron chi connectivity index (χ3n) is 3.84. The summed E-state index contributed by atoms with van der Waals surface area (Å²) in [7, 11) is 0. The molecule has 0 aromatic heterocycles. The molecule has 0 heterocycles. The van der Waals surface area contributed by atoms with Gasteiger partial charge < -0.3 is 5.32 Å². The highest BCUT2D eigenvalue weighted by molar-refractivity contribution is 5.36. The van der Waals surface area contributed by atoms with Gasteiger partial charge >= 0.3 is 0 Å². The molecule has 1 atom stereocenters. The van der Waals surface area contributed by atoms with E-state index in [1.54, 1.807) is 11.1 Å². The van der Waals surface area contributed by atoms with Crippen molar-refractivity contribution in [3.63, 3.8) is 0 Å². The summed E-state index contributed by atoms with van der Waals surface area (Å²) in [5.41, 5.74) is 5.87. The van der Waals surface area contributed by atoms with Crippen LogP contribution in [0.2, 0.25) is 0 Å². The average molecular weight is 243 g/mol. The zero-order chi connectivity index (χ0) is 13.0. The number of hydrogen-bond donors (Lipinski definition) is 1. The van der Waals surface area contributed by atoms with Crippen LogP contribution in [-0.4, -0.2) is 6.54 Å². The molecule has 1 aliphatic carbocycles. The topological polar surface area (TPSA) is 12.0 Å². The molecule has 1 unspecified atom stereocenters. The summed E-state index contributed by atoms with van der Waals surface area (Å²) in [6.45, 7) is 9.34. The van der Waals surface area contributed by atoms with Crippen LogP contribution in [0.5, 0.6) is 0 Å². The van der Waals surface area contributed by atoms with Gasteiger partial charge in [0.15, 0.2) is 0 Å². The van der Waals surface area contributed by atoms with Gasteiger partial charge in [0.2, 0.25) is 0 Å². The third kappa shape index (κ3) is 3.23. The number of benzene rings is 1. The zero-order valence-electron chi connectivity index (χ0n) is 11.8. The van der Waals surface area contributed by atoms with Gasteiger partial charge in [-0.15, -0.1) is 6.58 Å². The zero-order valence-corrected chi connectivity index (χ0v) is 11.8. The molecule has 0 saturated heterocycles. The van der Waals surface area contributed by atoms with Gasteiger partial charge in [-0.1, -0.05) is 30.7 Å². The highest BCUT2D eigenvalue weighted by Gasteiger charge is 2.15. The van der Waals surface area contributed by atoms with Gasteiger partial charge in [0, 0.05) is 6.04 Å². The van der Waals surface area contributed by atoms with Crippen LogP contribution in [0.1, 0.15) is 55.8 Å². The van der Waals surface area contributed by atoms with Crippen LogP contribution in [0.3, 0.4) is 0 Å². The van der Waals surface area contributed by atoms with Gasteiger partial charge in [-0.25, -0.2) is 0 Å².